The van der Waals surface area contributed by atoms with Crippen molar-refractivity contribution in [3.8, 4) is 22.6 Å². The third kappa shape index (κ3) is 2.39. The molecule has 0 aliphatic carbocycles. The van der Waals surface area contributed by atoms with Crippen LogP contribution in [0.15, 0.2) is 42.7 Å². The standard InChI is InChI=1S/C18H12N2O6/c1-24-18(21)14-7-16-15(25-9-26-16)6-13(14)12-3-2-10-8-19-5-4-11(10)17(12)20(22)23/h2-8H,9H2,1H3. The molecule has 2 aromatic carbocycles. The lowest BCUT2D eigenvalue weighted by atomic mass is 9.95. The Bertz CT molecular complexity index is 1060. The number of pyridine rings is 1. The number of carbonyl (C=O) groups excluding carboxylic acids is 1. The fourth-order valence-corrected chi connectivity index (χ4v) is 3.01. The van der Waals surface area contributed by atoms with Gasteiger partial charge in [-0.15, -0.1) is 0 Å². The van der Waals surface area contributed by atoms with E-state index in [9.17, 15) is 14.9 Å². The predicted molar refractivity (Wildman–Crippen MR) is 91.3 cm³/mol. The number of hydrogen-bond acceptors (Lipinski definition) is 7. The van der Waals surface area contributed by atoms with Gasteiger partial charge in [0.05, 0.1) is 28.5 Å². The van der Waals surface area contributed by atoms with Gasteiger partial charge in [0.25, 0.3) is 5.69 Å². The topological polar surface area (TPSA) is 101 Å². The Morgan fingerprint density at radius 2 is 1.96 bits per heavy atom. The summed E-state index contributed by atoms with van der Waals surface area (Å²) in [5.74, 6) is 0.181. The maximum atomic E-state index is 12.3. The summed E-state index contributed by atoms with van der Waals surface area (Å²) in [4.78, 5) is 27.6. The summed E-state index contributed by atoms with van der Waals surface area (Å²) in [6.07, 6.45) is 3.03. The number of benzene rings is 2. The zero-order chi connectivity index (χ0) is 18.3. The molecule has 0 N–H and O–H groups in total. The third-order valence-corrected chi connectivity index (χ3v) is 4.18. The number of rotatable bonds is 3. The molecule has 8 nitrogen and oxygen atoms in total. The van der Waals surface area contributed by atoms with Gasteiger partial charge < -0.3 is 14.2 Å². The molecule has 26 heavy (non-hydrogen) atoms. The number of aromatic nitrogens is 1. The molecule has 0 saturated carbocycles. The van der Waals surface area contributed by atoms with Crippen LogP contribution in [0, 0.1) is 10.1 Å². The van der Waals surface area contributed by atoms with Crippen molar-refractivity contribution in [1.29, 1.82) is 0 Å². The number of carbonyl (C=O) groups is 1. The van der Waals surface area contributed by atoms with Crippen LogP contribution >= 0.6 is 0 Å². The summed E-state index contributed by atoms with van der Waals surface area (Å²) in [5, 5.41) is 12.9. The number of hydrogen-bond donors (Lipinski definition) is 0. The average molecular weight is 352 g/mol. The molecular formula is C18H12N2O6. The molecular weight excluding hydrogens is 340 g/mol. The van der Waals surface area contributed by atoms with E-state index in [1.165, 1.54) is 19.4 Å². The monoisotopic (exact) mass is 352 g/mol. The number of fused-ring (bicyclic) bond motifs is 2. The summed E-state index contributed by atoms with van der Waals surface area (Å²) < 4.78 is 15.5. The van der Waals surface area contributed by atoms with Crippen LogP contribution in [0.1, 0.15) is 10.4 Å². The number of nitro groups is 1. The van der Waals surface area contributed by atoms with E-state index in [0.717, 1.165) is 0 Å². The van der Waals surface area contributed by atoms with Crippen LogP contribution in [0.5, 0.6) is 11.5 Å². The Labute approximate surface area is 147 Å². The molecule has 0 fully saturated rings. The smallest absolute Gasteiger partial charge is 0.338 e. The second-order valence-electron chi connectivity index (χ2n) is 5.56. The molecule has 3 aromatic rings. The highest BCUT2D eigenvalue weighted by Gasteiger charge is 2.27. The molecule has 8 heteroatoms. The highest BCUT2D eigenvalue weighted by Crippen LogP contribution is 2.43. The minimum Gasteiger partial charge on any atom is -0.465 e. The number of nitro benzene ring substituents is 1. The Hall–Kier alpha value is -3.68. The van der Waals surface area contributed by atoms with E-state index in [-0.39, 0.29) is 23.6 Å². The van der Waals surface area contributed by atoms with Crippen molar-refractivity contribution in [2.45, 2.75) is 0 Å². The van der Waals surface area contributed by atoms with Gasteiger partial charge in [-0.05, 0) is 24.3 Å². The van der Waals surface area contributed by atoms with E-state index in [2.05, 4.69) is 4.98 Å². The molecule has 1 aliphatic rings. The molecule has 0 saturated heterocycles. The van der Waals surface area contributed by atoms with Crippen LogP contribution in [0.3, 0.4) is 0 Å². The maximum absolute atomic E-state index is 12.3. The van der Waals surface area contributed by atoms with Crippen molar-refractivity contribution in [3.63, 3.8) is 0 Å². The number of esters is 1. The van der Waals surface area contributed by atoms with Crippen molar-refractivity contribution in [1.82, 2.24) is 4.98 Å². The normalized spacial score (nSPS) is 12.2. The minimum absolute atomic E-state index is 0.0187. The first kappa shape index (κ1) is 15.8. The minimum atomic E-state index is -0.623. The van der Waals surface area contributed by atoms with E-state index in [4.69, 9.17) is 14.2 Å². The molecule has 0 unspecified atom stereocenters. The summed E-state index contributed by atoms with van der Waals surface area (Å²) in [6, 6.07) is 7.91. The van der Waals surface area contributed by atoms with Crippen LogP contribution < -0.4 is 9.47 Å². The highest BCUT2D eigenvalue weighted by atomic mass is 16.7. The molecule has 0 bridgehead atoms. The van der Waals surface area contributed by atoms with Crippen molar-refractivity contribution < 1.29 is 23.9 Å². The molecule has 0 atom stereocenters. The molecule has 0 spiro atoms. The molecule has 130 valence electrons. The molecule has 0 radical (unpaired) electrons. The van der Waals surface area contributed by atoms with Gasteiger partial charge in [-0.3, -0.25) is 15.1 Å². The predicted octanol–water partition coefficient (Wildman–Crippen LogP) is 3.33. The lowest BCUT2D eigenvalue weighted by Crippen LogP contribution is -2.05. The fraction of sp³-hybridized carbons (Fsp3) is 0.111. The van der Waals surface area contributed by atoms with E-state index < -0.39 is 10.9 Å². The first-order chi connectivity index (χ1) is 12.6. The second kappa shape index (κ2) is 5.99. The van der Waals surface area contributed by atoms with Gasteiger partial charge in [-0.25, -0.2) is 4.79 Å². The molecule has 1 aliphatic heterocycles. The van der Waals surface area contributed by atoms with Crippen LogP contribution in [-0.4, -0.2) is 29.8 Å². The van der Waals surface area contributed by atoms with Gasteiger partial charge in [0, 0.05) is 23.3 Å². The molecule has 1 aromatic heterocycles. The lowest BCUT2D eigenvalue weighted by Gasteiger charge is -2.11. The Kier molecular flexibility index (Phi) is 3.65. The van der Waals surface area contributed by atoms with Crippen LogP contribution in [0.2, 0.25) is 0 Å². The van der Waals surface area contributed by atoms with E-state index in [0.29, 0.717) is 27.8 Å². The zero-order valence-electron chi connectivity index (χ0n) is 13.6. The molecule has 0 amide bonds. The highest BCUT2D eigenvalue weighted by molar-refractivity contribution is 6.04. The first-order valence-corrected chi connectivity index (χ1v) is 7.63. The van der Waals surface area contributed by atoms with E-state index >= 15 is 0 Å². The third-order valence-electron chi connectivity index (χ3n) is 4.18. The Balaban J connectivity index is 2.05. The number of ether oxygens (including phenoxy) is 3. The summed E-state index contributed by atoms with van der Waals surface area (Å²) in [5.41, 5.74) is 0.668. The van der Waals surface area contributed by atoms with Crippen molar-refractivity contribution in [3.05, 3.63) is 58.4 Å². The fourth-order valence-electron chi connectivity index (χ4n) is 3.01. The molecule has 4 rings (SSSR count). The Morgan fingerprint density at radius 3 is 2.69 bits per heavy atom. The van der Waals surface area contributed by atoms with Crippen LogP contribution in [0.25, 0.3) is 21.9 Å². The average Bonchev–Trinajstić information content (AvgIpc) is 3.12. The van der Waals surface area contributed by atoms with Crippen molar-refractivity contribution in [2.75, 3.05) is 13.9 Å². The number of methoxy groups -OCH3 is 1. The quantitative estimate of drug-likeness (QED) is 0.405. The summed E-state index contributed by atoms with van der Waals surface area (Å²) >= 11 is 0. The van der Waals surface area contributed by atoms with Gasteiger partial charge in [0.1, 0.15) is 0 Å². The van der Waals surface area contributed by atoms with Gasteiger partial charge in [0.2, 0.25) is 6.79 Å². The maximum Gasteiger partial charge on any atom is 0.338 e. The van der Waals surface area contributed by atoms with Crippen molar-refractivity contribution >= 4 is 22.4 Å². The van der Waals surface area contributed by atoms with Crippen LogP contribution in [-0.2, 0) is 4.74 Å². The van der Waals surface area contributed by atoms with Crippen molar-refractivity contribution in [2.24, 2.45) is 0 Å². The molecule has 2 heterocycles. The summed E-state index contributed by atoms with van der Waals surface area (Å²) in [7, 11) is 1.25. The zero-order valence-corrected chi connectivity index (χ0v) is 13.6. The lowest BCUT2D eigenvalue weighted by molar-refractivity contribution is -0.382. The van der Waals surface area contributed by atoms with Gasteiger partial charge in [-0.2, -0.15) is 0 Å². The largest absolute Gasteiger partial charge is 0.465 e. The van der Waals surface area contributed by atoms with E-state index in [1.54, 1.807) is 30.5 Å². The van der Waals surface area contributed by atoms with Gasteiger partial charge in [-0.1, -0.05) is 6.07 Å². The van der Waals surface area contributed by atoms with Gasteiger partial charge >= 0.3 is 5.97 Å². The number of nitrogens with zero attached hydrogens (tertiary/aromatic N) is 2. The van der Waals surface area contributed by atoms with Gasteiger partial charge in [0.15, 0.2) is 11.5 Å². The summed E-state index contributed by atoms with van der Waals surface area (Å²) in [6.45, 7) is 0.0187. The first-order valence-electron chi connectivity index (χ1n) is 7.63. The second-order valence-corrected chi connectivity index (χ2v) is 5.56. The van der Waals surface area contributed by atoms with Crippen LogP contribution in [0.4, 0.5) is 5.69 Å². The SMILES string of the molecule is COC(=O)c1cc2c(cc1-c1ccc3cnccc3c1[N+](=O)[O-])OCO2. The van der Waals surface area contributed by atoms with E-state index in [1.807, 2.05) is 0 Å². The Morgan fingerprint density at radius 1 is 1.19 bits per heavy atom.